The van der Waals surface area contributed by atoms with Crippen molar-refractivity contribution >= 4 is 34.7 Å². The highest BCUT2D eigenvalue weighted by atomic mass is 35.5. The lowest BCUT2D eigenvalue weighted by atomic mass is 10.1. The minimum atomic E-state index is -4.52. The first-order valence-electron chi connectivity index (χ1n) is 11.9. The van der Waals surface area contributed by atoms with Crippen LogP contribution in [0, 0.1) is 10.1 Å². The summed E-state index contributed by atoms with van der Waals surface area (Å²) in [6, 6.07) is 8.16. The number of benzene rings is 1. The van der Waals surface area contributed by atoms with Crippen molar-refractivity contribution in [2.45, 2.75) is 44.2 Å². The molecule has 1 N–H and O–H groups in total. The van der Waals surface area contributed by atoms with Gasteiger partial charge in [0.2, 0.25) is 5.88 Å². The number of piperidine rings is 1. The third-order valence-corrected chi connectivity index (χ3v) is 6.68. The molecule has 3 aromatic rings. The number of hydrogen-bond acceptors (Lipinski definition) is 8. The molecule has 1 aromatic carbocycles. The molecule has 0 bridgehead atoms. The fraction of sp³-hybridized carbons (Fsp3) is 0.417. The van der Waals surface area contributed by atoms with Gasteiger partial charge in [-0.1, -0.05) is 11.6 Å². The van der Waals surface area contributed by atoms with Gasteiger partial charge in [-0.25, -0.2) is 4.98 Å². The van der Waals surface area contributed by atoms with E-state index < -0.39 is 22.8 Å². The first-order valence-corrected chi connectivity index (χ1v) is 12.7. The molecule has 1 aliphatic rings. The number of rotatable bonds is 10. The number of aliphatic hydroxyl groups is 1. The number of imidazole rings is 1. The average Bonchev–Trinajstić information content (AvgIpc) is 3.28. The van der Waals surface area contributed by atoms with E-state index in [1.165, 1.54) is 10.8 Å². The van der Waals surface area contributed by atoms with Crippen LogP contribution < -0.4 is 14.4 Å². The molecular formula is C24H24Cl2F3N5O5. The summed E-state index contributed by atoms with van der Waals surface area (Å²) in [7, 11) is 0. The van der Waals surface area contributed by atoms with Gasteiger partial charge in [0.05, 0.1) is 11.7 Å². The van der Waals surface area contributed by atoms with Gasteiger partial charge in [0.25, 0.3) is 0 Å². The van der Waals surface area contributed by atoms with Gasteiger partial charge in [-0.3, -0.25) is 4.57 Å². The van der Waals surface area contributed by atoms with Crippen molar-refractivity contribution in [1.82, 2.24) is 14.5 Å². The second kappa shape index (κ2) is 12.3. The van der Waals surface area contributed by atoms with Crippen LogP contribution in [-0.2, 0) is 12.7 Å². The van der Waals surface area contributed by atoms with Crippen molar-refractivity contribution in [2.75, 3.05) is 24.6 Å². The van der Waals surface area contributed by atoms with Gasteiger partial charge >= 0.3 is 17.3 Å². The van der Waals surface area contributed by atoms with Crippen molar-refractivity contribution in [3.8, 4) is 11.6 Å². The maximum absolute atomic E-state index is 12.8. The number of aryl methyl sites for hydroxylation is 1. The van der Waals surface area contributed by atoms with Crippen molar-refractivity contribution in [1.29, 1.82) is 0 Å². The van der Waals surface area contributed by atoms with Crippen LogP contribution in [0.3, 0.4) is 0 Å². The van der Waals surface area contributed by atoms with Crippen LogP contribution in [0.4, 0.5) is 24.7 Å². The standard InChI is InChI=1S/C24H24Cl2F3N5O5/c25-20-11-15(24(27,28)29)12-30-22(20)39-19-6-9-32(10-7-19)16-1-3-18(4-2-16)38-14-17(35)5-8-33-13-21(34(36)37)31-23(33)26/h1-4,11-13,17,19,35H,5-10,14H2. The molecule has 15 heteroatoms. The lowest BCUT2D eigenvalue weighted by Crippen LogP contribution is -2.38. The van der Waals surface area contributed by atoms with Crippen LogP contribution in [0.15, 0.2) is 42.7 Å². The van der Waals surface area contributed by atoms with Crippen molar-refractivity contribution in [2.24, 2.45) is 0 Å². The lowest BCUT2D eigenvalue weighted by Gasteiger charge is -2.33. The Bertz CT molecular complexity index is 1280. The van der Waals surface area contributed by atoms with E-state index in [4.69, 9.17) is 32.7 Å². The highest BCUT2D eigenvalue weighted by Crippen LogP contribution is 2.34. The largest absolute Gasteiger partial charge is 0.491 e. The molecule has 10 nitrogen and oxygen atoms in total. The van der Waals surface area contributed by atoms with Crippen LogP contribution in [0.1, 0.15) is 24.8 Å². The van der Waals surface area contributed by atoms with Gasteiger partial charge in [-0.2, -0.15) is 13.2 Å². The van der Waals surface area contributed by atoms with E-state index in [2.05, 4.69) is 14.9 Å². The number of aliphatic hydroxyl groups excluding tert-OH is 1. The van der Waals surface area contributed by atoms with Crippen LogP contribution in [0.5, 0.6) is 11.6 Å². The van der Waals surface area contributed by atoms with Gasteiger partial charge in [-0.05, 0) is 58.3 Å². The third-order valence-electron chi connectivity index (χ3n) is 6.10. The van der Waals surface area contributed by atoms with E-state index in [0.717, 1.165) is 11.8 Å². The molecule has 0 saturated carbocycles. The van der Waals surface area contributed by atoms with Gasteiger partial charge in [0, 0.05) is 44.4 Å². The normalized spacial score (nSPS) is 15.3. The van der Waals surface area contributed by atoms with E-state index in [1.807, 2.05) is 12.1 Å². The zero-order chi connectivity index (χ0) is 28.2. The average molecular weight is 590 g/mol. The zero-order valence-corrected chi connectivity index (χ0v) is 21.9. The first kappa shape index (κ1) is 28.7. The number of pyridine rings is 1. The van der Waals surface area contributed by atoms with Gasteiger partial charge in [-0.15, -0.1) is 0 Å². The molecule has 210 valence electrons. The lowest BCUT2D eigenvalue weighted by molar-refractivity contribution is -0.389. The van der Waals surface area contributed by atoms with E-state index in [1.54, 1.807) is 12.1 Å². The number of nitro groups is 1. The summed E-state index contributed by atoms with van der Waals surface area (Å²) in [6.07, 6.45) is -2.13. The zero-order valence-electron chi connectivity index (χ0n) is 20.4. The monoisotopic (exact) mass is 589 g/mol. The molecule has 2 aromatic heterocycles. The van der Waals surface area contributed by atoms with Crippen LogP contribution in [-0.4, -0.2) is 56.5 Å². The fourth-order valence-corrected chi connectivity index (χ4v) is 4.43. The molecule has 1 aliphatic heterocycles. The molecule has 3 heterocycles. The number of aromatic nitrogens is 3. The summed E-state index contributed by atoms with van der Waals surface area (Å²) < 4.78 is 51.2. The van der Waals surface area contributed by atoms with E-state index in [-0.39, 0.29) is 47.7 Å². The molecule has 0 spiro atoms. The summed E-state index contributed by atoms with van der Waals surface area (Å²) in [5, 5.41) is 20.8. The SMILES string of the molecule is O=[N+]([O-])c1cn(CCC(O)COc2ccc(N3CCC(Oc4ncc(C(F)(F)F)cc4Cl)CC3)cc2)c(Cl)n1. The fourth-order valence-electron chi connectivity index (χ4n) is 4.00. The maximum Gasteiger partial charge on any atom is 0.417 e. The van der Waals surface area contributed by atoms with Crippen molar-refractivity contribution < 1.29 is 32.7 Å². The second-order valence-electron chi connectivity index (χ2n) is 8.88. The summed E-state index contributed by atoms with van der Waals surface area (Å²) in [6.45, 7) is 1.59. The molecule has 0 aliphatic carbocycles. The van der Waals surface area contributed by atoms with Crippen LogP contribution in [0.2, 0.25) is 10.3 Å². The Labute approximate surface area is 231 Å². The smallest absolute Gasteiger partial charge is 0.417 e. The minimum absolute atomic E-state index is 0.0127. The highest BCUT2D eigenvalue weighted by Gasteiger charge is 2.32. The Kier molecular flexibility index (Phi) is 9.03. The van der Waals surface area contributed by atoms with E-state index in [0.29, 0.717) is 37.9 Å². The number of halogens is 5. The van der Waals surface area contributed by atoms with Crippen LogP contribution >= 0.6 is 23.2 Å². The molecule has 1 saturated heterocycles. The number of nitrogens with zero attached hydrogens (tertiary/aromatic N) is 5. The summed E-state index contributed by atoms with van der Waals surface area (Å²) >= 11 is 11.8. The van der Waals surface area contributed by atoms with Crippen molar-refractivity contribution in [3.05, 3.63) is 68.7 Å². The Morgan fingerprint density at radius 2 is 1.90 bits per heavy atom. The molecule has 39 heavy (non-hydrogen) atoms. The Morgan fingerprint density at radius 3 is 2.49 bits per heavy atom. The summed E-state index contributed by atoms with van der Waals surface area (Å²) in [4.78, 5) is 19.6. The topological polar surface area (TPSA) is 116 Å². The molecule has 1 atom stereocenters. The Morgan fingerprint density at radius 1 is 1.21 bits per heavy atom. The predicted octanol–water partition coefficient (Wildman–Crippen LogP) is 5.39. The van der Waals surface area contributed by atoms with Crippen LogP contribution in [0.25, 0.3) is 0 Å². The van der Waals surface area contributed by atoms with Gasteiger partial charge < -0.3 is 29.6 Å². The Hall–Kier alpha value is -3.29. The molecule has 0 amide bonds. The molecule has 1 fully saturated rings. The predicted molar refractivity (Wildman–Crippen MR) is 137 cm³/mol. The molecule has 1 unspecified atom stereocenters. The van der Waals surface area contributed by atoms with E-state index >= 15 is 0 Å². The number of alkyl halides is 3. The number of hydrogen-bond donors (Lipinski definition) is 1. The van der Waals surface area contributed by atoms with Crippen molar-refractivity contribution in [3.63, 3.8) is 0 Å². The maximum atomic E-state index is 12.8. The molecule has 0 radical (unpaired) electrons. The summed E-state index contributed by atoms with van der Waals surface area (Å²) in [5.74, 6) is 0.194. The third kappa shape index (κ3) is 7.64. The molecular weight excluding hydrogens is 566 g/mol. The Balaban J connectivity index is 1.21. The van der Waals surface area contributed by atoms with Gasteiger partial charge in [0.15, 0.2) is 0 Å². The minimum Gasteiger partial charge on any atom is -0.491 e. The quantitative estimate of drug-likeness (QED) is 0.247. The first-order chi connectivity index (χ1) is 18.5. The number of ether oxygens (including phenoxy) is 2. The number of anilines is 1. The highest BCUT2D eigenvalue weighted by molar-refractivity contribution is 6.31. The summed E-state index contributed by atoms with van der Waals surface area (Å²) in [5.41, 5.74) is 0.0349. The second-order valence-corrected chi connectivity index (χ2v) is 9.62. The molecule has 4 rings (SSSR count). The van der Waals surface area contributed by atoms with E-state index in [9.17, 15) is 28.4 Å². The van der Waals surface area contributed by atoms with Gasteiger partial charge in [0.1, 0.15) is 29.7 Å².